The summed E-state index contributed by atoms with van der Waals surface area (Å²) in [5.74, 6) is 0.834. The first-order valence-electron chi connectivity index (χ1n) is 9.29. The lowest BCUT2D eigenvalue weighted by atomic mass is 10.2. The van der Waals surface area contributed by atoms with Gasteiger partial charge in [-0.3, -0.25) is 9.36 Å². The minimum Gasteiger partial charge on any atom is -0.316 e. The van der Waals surface area contributed by atoms with E-state index in [9.17, 15) is 4.39 Å². The maximum absolute atomic E-state index is 13.8. The summed E-state index contributed by atoms with van der Waals surface area (Å²) in [7, 11) is 0. The molecule has 0 amide bonds. The number of hydrogen-bond donors (Lipinski definition) is 2. The first-order chi connectivity index (χ1) is 15.0. The summed E-state index contributed by atoms with van der Waals surface area (Å²) in [6.07, 6.45) is 3.55. The number of nitrogens with one attached hydrogen (secondary N) is 2. The van der Waals surface area contributed by atoms with E-state index in [2.05, 4.69) is 20.8 Å². The van der Waals surface area contributed by atoms with Gasteiger partial charge in [-0.2, -0.15) is 10.2 Å². The fourth-order valence-electron chi connectivity index (χ4n) is 2.94. The zero-order valence-electron chi connectivity index (χ0n) is 16.1. The molecule has 0 spiro atoms. The minimum absolute atomic E-state index is 0.265. The normalized spacial score (nSPS) is 10.8. The van der Waals surface area contributed by atoms with E-state index in [0.717, 1.165) is 5.56 Å². The smallest absolute Gasteiger partial charge is 0.177 e. The highest BCUT2D eigenvalue weighted by Gasteiger charge is 2.09. The SMILES string of the molecule is Fc1ccccc1Cn1ccc(NC(=S)Nc2ccn(Cc3c(Cl)cccc3Cl)n2)n1. The maximum atomic E-state index is 13.8. The highest BCUT2D eigenvalue weighted by atomic mass is 35.5. The van der Waals surface area contributed by atoms with Crippen LogP contribution in [0.2, 0.25) is 10.0 Å². The number of anilines is 2. The van der Waals surface area contributed by atoms with E-state index in [-0.39, 0.29) is 5.82 Å². The third-order valence-electron chi connectivity index (χ3n) is 4.44. The maximum Gasteiger partial charge on any atom is 0.177 e. The molecule has 4 rings (SSSR count). The van der Waals surface area contributed by atoms with Crippen LogP contribution in [0.1, 0.15) is 11.1 Å². The lowest BCUT2D eigenvalue weighted by Gasteiger charge is -2.08. The summed E-state index contributed by atoms with van der Waals surface area (Å²) in [6.45, 7) is 0.754. The zero-order valence-corrected chi connectivity index (χ0v) is 18.4. The average molecular weight is 475 g/mol. The molecule has 0 radical (unpaired) electrons. The van der Waals surface area contributed by atoms with Gasteiger partial charge in [0.25, 0.3) is 0 Å². The van der Waals surface area contributed by atoms with Gasteiger partial charge in [0.15, 0.2) is 16.7 Å². The predicted molar refractivity (Wildman–Crippen MR) is 125 cm³/mol. The third kappa shape index (κ3) is 5.41. The van der Waals surface area contributed by atoms with Gasteiger partial charge < -0.3 is 10.6 Å². The largest absolute Gasteiger partial charge is 0.316 e. The molecule has 0 fully saturated rings. The molecule has 2 N–H and O–H groups in total. The Balaban J connectivity index is 1.35. The third-order valence-corrected chi connectivity index (χ3v) is 5.35. The van der Waals surface area contributed by atoms with Crippen LogP contribution < -0.4 is 10.6 Å². The summed E-state index contributed by atoms with van der Waals surface area (Å²) in [6, 6.07) is 15.5. The van der Waals surface area contributed by atoms with E-state index in [1.165, 1.54) is 6.07 Å². The monoisotopic (exact) mass is 474 g/mol. The van der Waals surface area contributed by atoms with Crippen molar-refractivity contribution in [2.75, 3.05) is 10.6 Å². The van der Waals surface area contributed by atoms with E-state index in [0.29, 0.717) is 45.4 Å². The molecule has 0 saturated heterocycles. The van der Waals surface area contributed by atoms with Crippen molar-refractivity contribution >= 4 is 52.2 Å². The Morgan fingerprint density at radius 2 is 1.42 bits per heavy atom. The second-order valence-corrected chi connectivity index (χ2v) is 7.89. The van der Waals surface area contributed by atoms with Gasteiger partial charge in [-0.25, -0.2) is 4.39 Å². The van der Waals surface area contributed by atoms with Crippen LogP contribution in [0.25, 0.3) is 0 Å². The molecule has 0 unspecified atom stereocenters. The second-order valence-electron chi connectivity index (χ2n) is 6.67. The molecule has 158 valence electrons. The van der Waals surface area contributed by atoms with Crippen molar-refractivity contribution in [2.24, 2.45) is 0 Å². The lowest BCUT2D eigenvalue weighted by molar-refractivity contribution is 0.586. The van der Waals surface area contributed by atoms with E-state index >= 15 is 0 Å². The second kappa shape index (κ2) is 9.47. The number of hydrogen-bond acceptors (Lipinski definition) is 3. The van der Waals surface area contributed by atoms with Gasteiger partial charge in [0.05, 0.1) is 13.1 Å². The average Bonchev–Trinajstić information content (AvgIpc) is 3.36. The van der Waals surface area contributed by atoms with Crippen molar-refractivity contribution in [2.45, 2.75) is 13.1 Å². The molecule has 0 aliphatic heterocycles. The fourth-order valence-corrected chi connectivity index (χ4v) is 3.67. The van der Waals surface area contributed by atoms with Gasteiger partial charge in [0.1, 0.15) is 5.82 Å². The van der Waals surface area contributed by atoms with Gasteiger partial charge in [-0.1, -0.05) is 47.5 Å². The highest BCUT2D eigenvalue weighted by molar-refractivity contribution is 7.80. The van der Waals surface area contributed by atoms with Gasteiger partial charge in [0.2, 0.25) is 0 Å². The minimum atomic E-state index is -0.265. The van der Waals surface area contributed by atoms with Crippen molar-refractivity contribution in [3.05, 3.63) is 94.0 Å². The molecule has 0 aliphatic rings. The van der Waals surface area contributed by atoms with Crippen LogP contribution >= 0.6 is 35.4 Å². The summed E-state index contributed by atoms with van der Waals surface area (Å²) in [5.41, 5.74) is 1.35. The molecular weight excluding hydrogens is 458 g/mol. The lowest BCUT2D eigenvalue weighted by Crippen LogP contribution is -2.20. The van der Waals surface area contributed by atoms with Crippen LogP contribution in [0.15, 0.2) is 67.0 Å². The molecule has 6 nitrogen and oxygen atoms in total. The van der Waals surface area contributed by atoms with E-state index < -0.39 is 0 Å². The summed E-state index contributed by atoms with van der Waals surface area (Å²) < 4.78 is 17.1. The zero-order chi connectivity index (χ0) is 21.8. The van der Waals surface area contributed by atoms with Crippen molar-refractivity contribution in [1.29, 1.82) is 0 Å². The summed E-state index contributed by atoms with van der Waals surface area (Å²) in [5, 5.41) is 16.3. The van der Waals surface area contributed by atoms with Crippen LogP contribution in [0, 0.1) is 5.82 Å². The summed E-state index contributed by atoms with van der Waals surface area (Å²) in [4.78, 5) is 0. The van der Waals surface area contributed by atoms with Gasteiger partial charge in [-0.15, -0.1) is 0 Å². The van der Waals surface area contributed by atoms with E-state index in [4.69, 9.17) is 35.4 Å². The molecule has 2 heterocycles. The Labute approximate surface area is 193 Å². The standard InChI is InChI=1S/C21H17Cl2FN6S/c22-16-5-3-6-17(23)15(16)13-30-11-9-20(28-30)26-21(31)25-19-8-10-29(27-19)12-14-4-1-2-7-18(14)24/h1-11H,12-13H2,(H2,25,26,27,28,31). The number of aromatic nitrogens is 4. The quantitative estimate of drug-likeness (QED) is 0.364. The van der Waals surface area contributed by atoms with Gasteiger partial charge >= 0.3 is 0 Å². The molecule has 31 heavy (non-hydrogen) atoms. The Morgan fingerprint density at radius 3 is 2.03 bits per heavy atom. The summed E-state index contributed by atoms with van der Waals surface area (Å²) >= 11 is 17.8. The molecule has 10 heteroatoms. The van der Waals surface area contributed by atoms with E-state index in [1.54, 1.807) is 70.3 Å². The number of benzene rings is 2. The highest BCUT2D eigenvalue weighted by Crippen LogP contribution is 2.25. The molecule has 0 saturated carbocycles. The van der Waals surface area contributed by atoms with Gasteiger partial charge in [-0.05, 0) is 30.4 Å². The molecule has 2 aromatic carbocycles. The molecule has 0 aliphatic carbocycles. The van der Waals surface area contributed by atoms with Crippen molar-refractivity contribution < 1.29 is 4.39 Å². The van der Waals surface area contributed by atoms with Crippen molar-refractivity contribution in [3.63, 3.8) is 0 Å². The van der Waals surface area contributed by atoms with Crippen LogP contribution in [-0.2, 0) is 13.1 Å². The first kappa shape index (κ1) is 21.3. The number of nitrogens with zero attached hydrogens (tertiary/aromatic N) is 4. The van der Waals surface area contributed by atoms with Crippen LogP contribution in [0.5, 0.6) is 0 Å². The molecule has 0 bridgehead atoms. The van der Waals surface area contributed by atoms with Crippen molar-refractivity contribution in [3.8, 4) is 0 Å². The molecule has 4 aromatic rings. The predicted octanol–water partition coefficient (Wildman–Crippen LogP) is 5.43. The van der Waals surface area contributed by atoms with Crippen molar-refractivity contribution in [1.82, 2.24) is 19.6 Å². The molecular formula is C21H17Cl2FN6S. The van der Waals surface area contributed by atoms with Crippen LogP contribution in [0.3, 0.4) is 0 Å². The fraction of sp³-hybridized carbons (Fsp3) is 0.0952. The molecule has 2 aromatic heterocycles. The number of rotatable bonds is 6. The topological polar surface area (TPSA) is 59.7 Å². The van der Waals surface area contributed by atoms with E-state index in [1.807, 2.05) is 0 Å². The first-order valence-corrected chi connectivity index (χ1v) is 10.5. The Kier molecular flexibility index (Phi) is 6.50. The Morgan fingerprint density at radius 1 is 0.839 bits per heavy atom. The Bertz CT molecular complexity index is 1200. The van der Waals surface area contributed by atoms with Gasteiger partial charge in [0, 0.05) is 45.7 Å². The van der Waals surface area contributed by atoms with Crippen LogP contribution in [0.4, 0.5) is 16.0 Å². The van der Waals surface area contributed by atoms with Crippen LogP contribution in [-0.4, -0.2) is 24.7 Å². The number of halogens is 3. The molecule has 0 atom stereocenters. The number of thiocarbonyl (C=S) groups is 1. The Hall–Kier alpha value is -2.94.